The Morgan fingerprint density at radius 2 is 1.88 bits per heavy atom. The van der Waals surface area contributed by atoms with E-state index in [1.54, 1.807) is 10.8 Å². The quantitative estimate of drug-likeness (QED) is 0.657. The van der Waals surface area contributed by atoms with Crippen LogP contribution in [0.15, 0.2) is 30.9 Å². The van der Waals surface area contributed by atoms with Crippen LogP contribution < -0.4 is 9.80 Å². The van der Waals surface area contributed by atoms with Crippen molar-refractivity contribution >= 4 is 17.4 Å². The Kier molecular flexibility index (Phi) is 3.92. The second kappa shape index (κ2) is 6.25. The van der Waals surface area contributed by atoms with Crippen LogP contribution >= 0.6 is 0 Å². The third kappa shape index (κ3) is 3.10. The van der Waals surface area contributed by atoms with Gasteiger partial charge in [-0.1, -0.05) is 0 Å². The molecule has 0 aromatic carbocycles. The number of rotatable bonds is 5. The summed E-state index contributed by atoms with van der Waals surface area (Å²) in [5, 5.41) is 12.4. The van der Waals surface area contributed by atoms with Crippen LogP contribution in [0.2, 0.25) is 0 Å². The lowest BCUT2D eigenvalue weighted by Crippen LogP contribution is -2.58. The van der Waals surface area contributed by atoms with Crippen LogP contribution in [0.25, 0.3) is 5.65 Å². The van der Waals surface area contributed by atoms with Gasteiger partial charge in [0.05, 0.1) is 0 Å². The highest BCUT2D eigenvalue weighted by Gasteiger charge is 2.31. The van der Waals surface area contributed by atoms with E-state index in [4.69, 9.17) is 0 Å². The topological polar surface area (TPSA) is 78.6 Å². The Labute approximate surface area is 145 Å². The Morgan fingerprint density at radius 1 is 1.12 bits per heavy atom. The van der Waals surface area contributed by atoms with Crippen molar-refractivity contribution in [2.24, 2.45) is 0 Å². The largest absolute Gasteiger partial charge is 0.352 e. The SMILES string of the molecule is CN(C)c1ncc(CN(C)C2CN(c3ccc4nncn4n3)C2)cn1. The Morgan fingerprint density at radius 3 is 2.60 bits per heavy atom. The van der Waals surface area contributed by atoms with Gasteiger partial charge in [0.25, 0.3) is 0 Å². The molecule has 9 heteroatoms. The zero-order valence-electron chi connectivity index (χ0n) is 14.6. The first-order valence-corrected chi connectivity index (χ1v) is 8.20. The fourth-order valence-corrected chi connectivity index (χ4v) is 2.89. The summed E-state index contributed by atoms with van der Waals surface area (Å²) in [4.78, 5) is 15.2. The van der Waals surface area contributed by atoms with E-state index in [2.05, 4.69) is 42.1 Å². The predicted octanol–water partition coefficient (Wildman–Crippen LogP) is 0.301. The summed E-state index contributed by atoms with van der Waals surface area (Å²) in [6.45, 7) is 2.74. The lowest BCUT2D eigenvalue weighted by atomic mass is 10.1. The first-order chi connectivity index (χ1) is 12.1. The maximum absolute atomic E-state index is 4.54. The van der Waals surface area contributed by atoms with Gasteiger partial charge in [0, 0.05) is 57.7 Å². The molecule has 9 nitrogen and oxygen atoms in total. The summed E-state index contributed by atoms with van der Waals surface area (Å²) in [6, 6.07) is 4.43. The van der Waals surface area contributed by atoms with E-state index in [0.29, 0.717) is 6.04 Å². The van der Waals surface area contributed by atoms with Gasteiger partial charge in [0.2, 0.25) is 5.95 Å². The van der Waals surface area contributed by atoms with Crippen LogP contribution in [0.5, 0.6) is 0 Å². The van der Waals surface area contributed by atoms with Gasteiger partial charge in [-0.25, -0.2) is 9.97 Å². The zero-order valence-corrected chi connectivity index (χ0v) is 14.6. The first kappa shape index (κ1) is 15.7. The van der Waals surface area contributed by atoms with Gasteiger partial charge in [-0.2, -0.15) is 4.52 Å². The molecule has 0 aliphatic carbocycles. The van der Waals surface area contributed by atoms with Gasteiger partial charge in [-0.15, -0.1) is 15.3 Å². The standard InChI is InChI=1S/C16H21N9/c1-22(2)16-17-6-12(7-18-16)8-23(3)13-9-24(10-13)15-5-4-14-20-19-11-25(14)21-15/h4-7,11,13H,8-10H2,1-3H3. The Bertz CT molecular complexity index is 851. The molecule has 3 aromatic rings. The number of aromatic nitrogens is 6. The van der Waals surface area contributed by atoms with Crippen LogP contribution in [0.4, 0.5) is 11.8 Å². The second-order valence-electron chi connectivity index (χ2n) is 6.58. The molecule has 0 spiro atoms. The highest BCUT2D eigenvalue weighted by molar-refractivity contribution is 5.47. The third-order valence-electron chi connectivity index (χ3n) is 4.48. The molecule has 0 bridgehead atoms. The molecule has 0 unspecified atom stereocenters. The smallest absolute Gasteiger partial charge is 0.224 e. The van der Waals surface area contributed by atoms with Crippen molar-refractivity contribution in [3.63, 3.8) is 0 Å². The molecule has 1 aliphatic heterocycles. The van der Waals surface area contributed by atoms with Crippen molar-refractivity contribution in [2.75, 3.05) is 44.0 Å². The van der Waals surface area contributed by atoms with Crippen LogP contribution in [0.3, 0.4) is 0 Å². The van der Waals surface area contributed by atoms with Gasteiger partial charge in [-0.05, 0) is 19.2 Å². The number of fused-ring (bicyclic) bond motifs is 1. The van der Waals surface area contributed by atoms with Gasteiger partial charge in [0.15, 0.2) is 5.65 Å². The minimum Gasteiger partial charge on any atom is -0.352 e. The molecule has 1 fully saturated rings. The van der Waals surface area contributed by atoms with Crippen molar-refractivity contribution in [2.45, 2.75) is 12.6 Å². The van der Waals surface area contributed by atoms with Crippen LogP contribution in [-0.4, -0.2) is 75.0 Å². The average molecular weight is 339 g/mol. The van der Waals surface area contributed by atoms with E-state index in [1.165, 1.54) is 0 Å². The minimum absolute atomic E-state index is 0.493. The fraction of sp³-hybridized carbons (Fsp3) is 0.438. The molecule has 0 amide bonds. The lowest BCUT2D eigenvalue weighted by Gasteiger charge is -2.44. The van der Waals surface area contributed by atoms with Crippen molar-refractivity contribution in [3.05, 3.63) is 36.4 Å². The first-order valence-electron chi connectivity index (χ1n) is 8.20. The number of hydrogen-bond donors (Lipinski definition) is 0. The summed E-state index contributed by atoms with van der Waals surface area (Å²) in [5.41, 5.74) is 1.88. The van der Waals surface area contributed by atoms with Gasteiger partial charge < -0.3 is 9.80 Å². The summed E-state index contributed by atoms with van der Waals surface area (Å²) < 4.78 is 1.70. The number of anilines is 2. The van der Waals surface area contributed by atoms with Crippen molar-refractivity contribution in [3.8, 4) is 0 Å². The van der Waals surface area contributed by atoms with Gasteiger partial charge >= 0.3 is 0 Å². The molecular weight excluding hydrogens is 318 g/mol. The van der Waals surface area contributed by atoms with Crippen molar-refractivity contribution in [1.29, 1.82) is 0 Å². The lowest BCUT2D eigenvalue weighted by molar-refractivity contribution is 0.196. The fourth-order valence-electron chi connectivity index (χ4n) is 2.89. The van der Waals surface area contributed by atoms with E-state index < -0.39 is 0 Å². The van der Waals surface area contributed by atoms with Gasteiger partial charge in [0.1, 0.15) is 12.1 Å². The summed E-state index contributed by atoms with van der Waals surface area (Å²) >= 11 is 0. The van der Waals surface area contributed by atoms with Crippen LogP contribution in [0, 0.1) is 0 Å². The molecule has 25 heavy (non-hydrogen) atoms. The average Bonchev–Trinajstić information content (AvgIpc) is 3.01. The van der Waals surface area contributed by atoms with Crippen LogP contribution in [-0.2, 0) is 6.54 Å². The molecule has 3 aromatic heterocycles. The highest BCUT2D eigenvalue weighted by atomic mass is 15.4. The number of hydrogen-bond acceptors (Lipinski definition) is 8. The minimum atomic E-state index is 0.493. The molecule has 0 N–H and O–H groups in total. The molecule has 0 saturated carbocycles. The van der Waals surface area contributed by atoms with E-state index >= 15 is 0 Å². The van der Waals surface area contributed by atoms with E-state index in [-0.39, 0.29) is 0 Å². The van der Waals surface area contributed by atoms with Crippen molar-refractivity contribution < 1.29 is 0 Å². The maximum atomic E-state index is 4.54. The number of likely N-dealkylation sites (N-methyl/N-ethyl adjacent to an activating group) is 1. The Balaban J connectivity index is 1.34. The summed E-state index contributed by atoms with van der Waals surface area (Å²) in [7, 11) is 6.02. The van der Waals surface area contributed by atoms with E-state index in [9.17, 15) is 0 Å². The molecule has 0 atom stereocenters. The molecule has 1 saturated heterocycles. The highest BCUT2D eigenvalue weighted by Crippen LogP contribution is 2.22. The third-order valence-corrected chi connectivity index (χ3v) is 4.48. The van der Waals surface area contributed by atoms with E-state index in [0.717, 1.165) is 42.6 Å². The van der Waals surface area contributed by atoms with Crippen LogP contribution in [0.1, 0.15) is 5.56 Å². The maximum Gasteiger partial charge on any atom is 0.224 e. The zero-order chi connectivity index (χ0) is 17.4. The second-order valence-corrected chi connectivity index (χ2v) is 6.58. The monoisotopic (exact) mass is 339 g/mol. The van der Waals surface area contributed by atoms with Crippen molar-refractivity contribution in [1.82, 2.24) is 34.7 Å². The van der Waals surface area contributed by atoms with E-state index in [1.807, 2.05) is 43.5 Å². The normalized spacial score (nSPS) is 15.0. The molecule has 130 valence electrons. The molecular formula is C16H21N9. The molecule has 1 aliphatic rings. The Hall–Kier alpha value is -2.81. The molecule has 4 rings (SSSR count). The number of nitrogens with zero attached hydrogens (tertiary/aromatic N) is 9. The van der Waals surface area contributed by atoms with Gasteiger partial charge in [-0.3, -0.25) is 4.90 Å². The predicted molar refractivity (Wildman–Crippen MR) is 94.6 cm³/mol. The molecule has 0 radical (unpaired) electrons. The summed E-state index contributed by atoms with van der Waals surface area (Å²) in [5.74, 6) is 1.69. The molecule has 4 heterocycles. The summed E-state index contributed by atoms with van der Waals surface area (Å²) in [6.07, 6.45) is 5.42.